The molecule has 0 spiro atoms. The van der Waals surface area contributed by atoms with Crippen LogP contribution in [0.1, 0.15) is 12.0 Å². The molecule has 0 saturated heterocycles. The fourth-order valence-corrected chi connectivity index (χ4v) is 1.54. The van der Waals surface area contributed by atoms with E-state index in [1.807, 2.05) is 6.20 Å². The van der Waals surface area contributed by atoms with Crippen LogP contribution in [0.5, 0.6) is 5.75 Å². The molecule has 0 atom stereocenters. The van der Waals surface area contributed by atoms with Gasteiger partial charge in [-0.05, 0) is 30.3 Å². The second-order valence-electron chi connectivity index (χ2n) is 3.84. The normalized spacial score (nSPS) is 9.94. The Hall–Kier alpha value is -2.48. The van der Waals surface area contributed by atoms with Gasteiger partial charge in [-0.3, -0.25) is 4.68 Å². The molecule has 0 unspecified atom stereocenters. The van der Waals surface area contributed by atoms with Crippen LogP contribution in [0.25, 0.3) is 0 Å². The van der Waals surface area contributed by atoms with E-state index in [2.05, 4.69) is 11.2 Å². The lowest BCUT2D eigenvalue weighted by molar-refractivity contribution is 0.298. The topological polar surface area (TPSA) is 76.9 Å². The lowest BCUT2D eigenvalue weighted by Gasteiger charge is -2.06. The van der Waals surface area contributed by atoms with Crippen molar-refractivity contribution in [2.45, 2.75) is 13.0 Å². The van der Waals surface area contributed by atoms with Crippen molar-refractivity contribution in [3.05, 3.63) is 42.1 Å². The molecule has 18 heavy (non-hydrogen) atoms. The highest BCUT2D eigenvalue weighted by molar-refractivity contribution is 5.34. The molecule has 2 aromatic rings. The predicted molar refractivity (Wildman–Crippen MR) is 67.9 cm³/mol. The molecule has 0 fully saturated rings. The van der Waals surface area contributed by atoms with E-state index in [0.717, 1.165) is 18.7 Å². The van der Waals surface area contributed by atoms with Crippen LogP contribution in [-0.2, 0) is 6.54 Å². The maximum absolute atomic E-state index is 8.66. The molecule has 0 saturated carbocycles. The van der Waals surface area contributed by atoms with E-state index in [-0.39, 0.29) is 0 Å². The van der Waals surface area contributed by atoms with E-state index >= 15 is 0 Å². The minimum absolute atomic E-state index is 0.531. The number of nitrogens with two attached hydrogens (primary N) is 1. The number of rotatable bonds is 5. The zero-order valence-corrected chi connectivity index (χ0v) is 9.91. The highest BCUT2D eigenvalue weighted by Crippen LogP contribution is 2.11. The molecule has 0 bridgehead atoms. The standard InChI is InChI=1S/C13H14N4O/c14-10-11-2-4-12(5-3-11)18-9-1-7-17-8-6-13(15)16-17/h2-6,8H,1,7,9H2,(H2,15,16). The molecule has 1 aromatic heterocycles. The van der Waals surface area contributed by atoms with Crippen molar-refractivity contribution in [3.63, 3.8) is 0 Å². The van der Waals surface area contributed by atoms with Crippen molar-refractivity contribution < 1.29 is 4.74 Å². The lowest BCUT2D eigenvalue weighted by atomic mass is 10.2. The van der Waals surface area contributed by atoms with Gasteiger partial charge in [-0.15, -0.1) is 0 Å². The summed E-state index contributed by atoms with van der Waals surface area (Å²) >= 11 is 0. The van der Waals surface area contributed by atoms with Gasteiger partial charge in [-0.25, -0.2) is 0 Å². The molecule has 0 amide bonds. The first-order valence-corrected chi connectivity index (χ1v) is 5.70. The molecule has 5 heteroatoms. The average molecular weight is 242 g/mol. The molecular formula is C13H14N4O. The van der Waals surface area contributed by atoms with Crippen LogP contribution < -0.4 is 10.5 Å². The van der Waals surface area contributed by atoms with Crippen molar-refractivity contribution in [2.24, 2.45) is 0 Å². The fraction of sp³-hybridized carbons (Fsp3) is 0.231. The largest absolute Gasteiger partial charge is 0.494 e. The number of anilines is 1. The van der Waals surface area contributed by atoms with Gasteiger partial charge in [-0.2, -0.15) is 10.4 Å². The van der Waals surface area contributed by atoms with E-state index in [0.29, 0.717) is 18.0 Å². The SMILES string of the molecule is N#Cc1ccc(OCCCn2ccc(N)n2)cc1. The predicted octanol–water partition coefficient (Wildman–Crippen LogP) is 1.81. The Morgan fingerprint density at radius 2 is 2.06 bits per heavy atom. The summed E-state index contributed by atoms with van der Waals surface area (Å²) in [6.07, 6.45) is 2.69. The molecule has 1 heterocycles. The van der Waals surface area contributed by atoms with Gasteiger partial charge in [0.15, 0.2) is 0 Å². The van der Waals surface area contributed by atoms with Crippen LogP contribution in [0.4, 0.5) is 5.82 Å². The summed E-state index contributed by atoms with van der Waals surface area (Å²) in [7, 11) is 0. The highest BCUT2D eigenvalue weighted by atomic mass is 16.5. The quantitative estimate of drug-likeness (QED) is 0.811. The van der Waals surface area contributed by atoms with Crippen LogP contribution in [0.2, 0.25) is 0 Å². The number of benzene rings is 1. The Balaban J connectivity index is 1.73. The van der Waals surface area contributed by atoms with Gasteiger partial charge in [0.25, 0.3) is 0 Å². The van der Waals surface area contributed by atoms with Gasteiger partial charge in [0.1, 0.15) is 11.6 Å². The second kappa shape index (κ2) is 5.73. The number of aromatic nitrogens is 2. The zero-order chi connectivity index (χ0) is 12.8. The monoisotopic (exact) mass is 242 g/mol. The summed E-state index contributed by atoms with van der Waals surface area (Å²) in [6.45, 7) is 1.37. The molecule has 0 radical (unpaired) electrons. The van der Waals surface area contributed by atoms with Crippen molar-refractivity contribution in [1.29, 1.82) is 5.26 Å². The Morgan fingerprint density at radius 3 is 2.67 bits per heavy atom. The van der Waals surface area contributed by atoms with Gasteiger partial charge in [0.2, 0.25) is 0 Å². The molecule has 2 rings (SSSR count). The van der Waals surface area contributed by atoms with E-state index < -0.39 is 0 Å². The summed E-state index contributed by atoms with van der Waals surface area (Å²) in [6, 6.07) is 10.9. The molecule has 0 aliphatic heterocycles. The van der Waals surface area contributed by atoms with Crippen LogP contribution in [0, 0.1) is 11.3 Å². The smallest absolute Gasteiger partial charge is 0.145 e. The third kappa shape index (κ3) is 3.25. The molecular weight excluding hydrogens is 228 g/mol. The third-order valence-corrected chi connectivity index (χ3v) is 2.44. The number of nitrogens with zero attached hydrogens (tertiary/aromatic N) is 3. The van der Waals surface area contributed by atoms with Crippen molar-refractivity contribution in [3.8, 4) is 11.8 Å². The summed E-state index contributed by atoms with van der Waals surface area (Å²) in [5, 5.41) is 12.7. The molecule has 92 valence electrons. The van der Waals surface area contributed by atoms with Crippen molar-refractivity contribution in [1.82, 2.24) is 9.78 Å². The third-order valence-electron chi connectivity index (χ3n) is 2.44. The summed E-state index contributed by atoms with van der Waals surface area (Å²) < 4.78 is 7.34. The van der Waals surface area contributed by atoms with E-state index in [4.69, 9.17) is 15.7 Å². The van der Waals surface area contributed by atoms with Crippen LogP contribution in [-0.4, -0.2) is 16.4 Å². The number of nitrogen functional groups attached to an aromatic ring is 1. The van der Waals surface area contributed by atoms with Crippen LogP contribution in [0.15, 0.2) is 36.5 Å². The Bertz CT molecular complexity index is 539. The van der Waals surface area contributed by atoms with Gasteiger partial charge in [0, 0.05) is 19.2 Å². The van der Waals surface area contributed by atoms with Gasteiger partial charge in [0.05, 0.1) is 18.2 Å². The minimum atomic E-state index is 0.531. The zero-order valence-electron chi connectivity index (χ0n) is 9.91. The first kappa shape index (κ1) is 12.0. The number of hydrogen-bond donors (Lipinski definition) is 1. The number of hydrogen-bond acceptors (Lipinski definition) is 4. The summed E-state index contributed by atoms with van der Waals surface area (Å²) in [5.74, 6) is 1.30. The highest BCUT2D eigenvalue weighted by Gasteiger charge is 1.97. The van der Waals surface area contributed by atoms with Crippen molar-refractivity contribution >= 4 is 5.82 Å². The molecule has 5 nitrogen and oxygen atoms in total. The van der Waals surface area contributed by atoms with E-state index in [1.54, 1.807) is 35.0 Å². The number of aryl methyl sites for hydroxylation is 1. The second-order valence-corrected chi connectivity index (χ2v) is 3.84. The molecule has 0 aliphatic rings. The summed E-state index contributed by atoms with van der Waals surface area (Å²) in [5.41, 5.74) is 6.15. The van der Waals surface area contributed by atoms with Crippen molar-refractivity contribution in [2.75, 3.05) is 12.3 Å². The first-order chi connectivity index (χ1) is 8.78. The molecule has 2 N–H and O–H groups in total. The van der Waals surface area contributed by atoms with Gasteiger partial charge in [-0.1, -0.05) is 0 Å². The lowest BCUT2D eigenvalue weighted by Crippen LogP contribution is -2.05. The van der Waals surface area contributed by atoms with Gasteiger partial charge < -0.3 is 10.5 Å². The molecule has 0 aliphatic carbocycles. The van der Waals surface area contributed by atoms with E-state index in [9.17, 15) is 0 Å². The fourth-order valence-electron chi connectivity index (χ4n) is 1.54. The number of nitriles is 1. The average Bonchev–Trinajstić information content (AvgIpc) is 2.81. The van der Waals surface area contributed by atoms with Crippen LogP contribution in [0.3, 0.4) is 0 Å². The van der Waals surface area contributed by atoms with Crippen LogP contribution >= 0.6 is 0 Å². The maximum atomic E-state index is 8.66. The Kier molecular flexibility index (Phi) is 3.82. The first-order valence-electron chi connectivity index (χ1n) is 5.70. The Morgan fingerprint density at radius 1 is 1.28 bits per heavy atom. The molecule has 1 aromatic carbocycles. The minimum Gasteiger partial charge on any atom is -0.494 e. The number of ether oxygens (including phenoxy) is 1. The summed E-state index contributed by atoms with van der Waals surface area (Å²) in [4.78, 5) is 0. The maximum Gasteiger partial charge on any atom is 0.145 e. The van der Waals surface area contributed by atoms with Gasteiger partial charge >= 0.3 is 0 Å². The van der Waals surface area contributed by atoms with E-state index in [1.165, 1.54) is 0 Å². The Labute approximate surface area is 105 Å².